The molecule has 4 rings (SSSR count). The summed E-state index contributed by atoms with van der Waals surface area (Å²) in [5.74, 6) is 1.89. The van der Waals surface area contributed by atoms with Crippen LogP contribution in [0, 0.1) is 11.3 Å². The lowest BCUT2D eigenvalue weighted by Gasteiger charge is -2.23. The molecule has 1 spiro atoms. The van der Waals surface area contributed by atoms with Crippen LogP contribution in [0.25, 0.3) is 0 Å². The lowest BCUT2D eigenvalue weighted by atomic mass is 9.92. The van der Waals surface area contributed by atoms with E-state index in [4.69, 9.17) is 9.47 Å². The molecule has 6 heteroatoms. The van der Waals surface area contributed by atoms with Gasteiger partial charge >= 0.3 is 0 Å². The van der Waals surface area contributed by atoms with Crippen LogP contribution in [-0.2, 0) is 11.3 Å². The molecule has 1 aliphatic carbocycles. The summed E-state index contributed by atoms with van der Waals surface area (Å²) in [4.78, 5) is 12.4. The number of ether oxygens (including phenoxy) is 2. The normalized spacial score (nSPS) is 24.3. The Balaban J connectivity index is 1.38. The number of hydrogen-bond acceptors (Lipinski definition) is 4. The number of rotatable bonds is 3. The van der Waals surface area contributed by atoms with Crippen LogP contribution in [0.3, 0.4) is 0 Å². The molecule has 1 saturated carbocycles. The van der Waals surface area contributed by atoms with Crippen LogP contribution in [0.15, 0.2) is 16.6 Å². The Morgan fingerprint density at radius 3 is 2.91 bits per heavy atom. The van der Waals surface area contributed by atoms with Crippen molar-refractivity contribution in [2.45, 2.75) is 25.8 Å². The van der Waals surface area contributed by atoms with Gasteiger partial charge in [-0.25, -0.2) is 0 Å². The third kappa shape index (κ3) is 2.94. The van der Waals surface area contributed by atoms with Gasteiger partial charge in [-0.1, -0.05) is 0 Å². The molecule has 23 heavy (non-hydrogen) atoms. The highest BCUT2D eigenvalue weighted by Crippen LogP contribution is 2.58. The topological polar surface area (TPSA) is 59.6 Å². The second-order valence-electron chi connectivity index (χ2n) is 6.69. The van der Waals surface area contributed by atoms with E-state index in [-0.39, 0.29) is 17.2 Å². The van der Waals surface area contributed by atoms with E-state index >= 15 is 0 Å². The Morgan fingerprint density at radius 2 is 2.09 bits per heavy atom. The first-order chi connectivity index (χ1) is 11.2. The molecule has 1 atom stereocenters. The maximum Gasteiger partial charge on any atom is 0.223 e. The highest BCUT2D eigenvalue weighted by Gasteiger charge is 2.57. The molecule has 2 N–H and O–H groups in total. The van der Waals surface area contributed by atoms with E-state index in [1.165, 1.54) is 0 Å². The minimum absolute atomic E-state index is 0.193. The number of piperidine rings is 1. The van der Waals surface area contributed by atoms with Crippen molar-refractivity contribution in [1.29, 1.82) is 0 Å². The van der Waals surface area contributed by atoms with Gasteiger partial charge in [-0.05, 0) is 71.4 Å². The average molecular weight is 381 g/mol. The van der Waals surface area contributed by atoms with Crippen molar-refractivity contribution in [2.24, 2.45) is 11.3 Å². The van der Waals surface area contributed by atoms with Gasteiger partial charge in [0.25, 0.3) is 0 Å². The number of fused-ring (bicyclic) bond motifs is 1. The van der Waals surface area contributed by atoms with Gasteiger partial charge in [0.15, 0.2) is 11.5 Å². The largest absolute Gasteiger partial charge is 0.486 e. The van der Waals surface area contributed by atoms with Gasteiger partial charge in [0.2, 0.25) is 5.91 Å². The van der Waals surface area contributed by atoms with Gasteiger partial charge in [0.1, 0.15) is 13.2 Å². The number of halogens is 1. The lowest BCUT2D eigenvalue weighted by molar-refractivity contribution is -0.123. The zero-order valence-corrected chi connectivity index (χ0v) is 14.6. The molecule has 2 heterocycles. The molecule has 2 fully saturated rings. The van der Waals surface area contributed by atoms with Gasteiger partial charge in [0.05, 0.1) is 4.47 Å². The Hall–Kier alpha value is -1.27. The fourth-order valence-corrected chi connectivity index (χ4v) is 4.38. The Morgan fingerprint density at radius 1 is 1.30 bits per heavy atom. The molecule has 124 valence electrons. The molecule has 0 radical (unpaired) electrons. The van der Waals surface area contributed by atoms with Crippen molar-refractivity contribution in [3.8, 4) is 11.5 Å². The SMILES string of the molecule is O=C(NCc1cc(Br)c2c(c1)OCCO2)C1CC12CCNCC2. The van der Waals surface area contributed by atoms with Crippen LogP contribution in [0.5, 0.6) is 11.5 Å². The van der Waals surface area contributed by atoms with Crippen LogP contribution < -0.4 is 20.1 Å². The second kappa shape index (κ2) is 5.98. The van der Waals surface area contributed by atoms with Crippen molar-refractivity contribution in [2.75, 3.05) is 26.3 Å². The predicted molar refractivity (Wildman–Crippen MR) is 89.6 cm³/mol. The van der Waals surface area contributed by atoms with Crippen molar-refractivity contribution in [1.82, 2.24) is 10.6 Å². The van der Waals surface area contributed by atoms with Gasteiger partial charge in [-0.2, -0.15) is 0 Å². The highest BCUT2D eigenvalue weighted by atomic mass is 79.9. The molecular weight excluding hydrogens is 360 g/mol. The van der Waals surface area contributed by atoms with Gasteiger partial charge < -0.3 is 20.1 Å². The molecule has 0 aromatic heterocycles. The van der Waals surface area contributed by atoms with Crippen LogP contribution in [0.1, 0.15) is 24.8 Å². The van der Waals surface area contributed by atoms with E-state index in [2.05, 4.69) is 26.6 Å². The van der Waals surface area contributed by atoms with Gasteiger partial charge in [-0.3, -0.25) is 4.79 Å². The summed E-state index contributed by atoms with van der Waals surface area (Å²) >= 11 is 3.51. The fraction of sp³-hybridized carbons (Fsp3) is 0.588. The molecule has 1 amide bonds. The Kier molecular flexibility index (Phi) is 3.97. The van der Waals surface area contributed by atoms with Crippen LogP contribution >= 0.6 is 15.9 Å². The van der Waals surface area contributed by atoms with Crippen LogP contribution in [0.2, 0.25) is 0 Å². The van der Waals surface area contributed by atoms with E-state index < -0.39 is 0 Å². The molecule has 3 aliphatic rings. The Bertz CT molecular complexity index is 629. The molecule has 5 nitrogen and oxygen atoms in total. The minimum atomic E-state index is 0.193. The van der Waals surface area contributed by atoms with Gasteiger partial charge in [-0.15, -0.1) is 0 Å². The minimum Gasteiger partial charge on any atom is -0.486 e. The molecule has 1 unspecified atom stereocenters. The lowest BCUT2D eigenvalue weighted by Crippen LogP contribution is -2.33. The summed E-state index contributed by atoms with van der Waals surface area (Å²) in [6.07, 6.45) is 3.30. The fourth-order valence-electron chi connectivity index (χ4n) is 3.77. The first kappa shape index (κ1) is 15.3. The van der Waals surface area contributed by atoms with Crippen LogP contribution in [-0.4, -0.2) is 32.2 Å². The van der Waals surface area contributed by atoms with Crippen molar-refractivity contribution in [3.63, 3.8) is 0 Å². The summed E-state index contributed by atoms with van der Waals surface area (Å²) in [5, 5.41) is 6.46. The standard InChI is InChI=1S/C17H21BrN2O3/c18-13-7-11(8-14-15(13)23-6-5-22-14)10-20-16(21)12-9-17(12)1-3-19-4-2-17/h7-8,12,19H,1-6,9-10H2,(H,20,21). The molecule has 1 aromatic rings. The van der Waals surface area contributed by atoms with Crippen molar-refractivity contribution < 1.29 is 14.3 Å². The van der Waals surface area contributed by atoms with Crippen LogP contribution in [0.4, 0.5) is 0 Å². The summed E-state index contributed by atoms with van der Waals surface area (Å²) in [6.45, 7) is 3.74. The smallest absolute Gasteiger partial charge is 0.223 e. The molecule has 2 aliphatic heterocycles. The summed E-state index contributed by atoms with van der Waals surface area (Å²) in [7, 11) is 0. The van der Waals surface area contributed by atoms with Crippen molar-refractivity contribution in [3.05, 3.63) is 22.2 Å². The molecule has 1 saturated heterocycles. The Labute approximate surface area is 144 Å². The molecule has 0 bridgehead atoms. The first-order valence-corrected chi connectivity index (χ1v) is 9.04. The van der Waals surface area contributed by atoms with E-state index in [1.54, 1.807) is 0 Å². The maximum absolute atomic E-state index is 12.4. The number of amides is 1. The number of benzene rings is 1. The molecule has 1 aromatic carbocycles. The quantitative estimate of drug-likeness (QED) is 0.843. The zero-order chi connectivity index (χ0) is 15.9. The van der Waals surface area contributed by atoms with E-state index in [9.17, 15) is 4.79 Å². The summed E-state index contributed by atoms with van der Waals surface area (Å²) in [5.41, 5.74) is 1.30. The first-order valence-electron chi connectivity index (χ1n) is 8.24. The predicted octanol–water partition coefficient (Wildman–Crippen LogP) is 2.23. The number of carbonyl (C=O) groups is 1. The summed E-state index contributed by atoms with van der Waals surface area (Å²) in [6, 6.07) is 3.94. The molecular formula is C17H21BrN2O3. The average Bonchev–Trinajstić information content (AvgIpc) is 3.26. The third-order valence-corrected chi connectivity index (χ3v) is 5.82. The number of nitrogens with one attached hydrogen (secondary N) is 2. The van der Waals surface area contributed by atoms with E-state index in [0.29, 0.717) is 19.8 Å². The zero-order valence-electron chi connectivity index (χ0n) is 13.0. The maximum atomic E-state index is 12.4. The monoisotopic (exact) mass is 380 g/mol. The third-order valence-electron chi connectivity index (χ3n) is 5.23. The number of hydrogen-bond donors (Lipinski definition) is 2. The number of carbonyl (C=O) groups excluding carboxylic acids is 1. The van der Waals surface area contributed by atoms with E-state index in [1.807, 2.05) is 12.1 Å². The van der Waals surface area contributed by atoms with Gasteiger partial charge in [0, 0.05) is 12.5 Å². The second-order valence-corrected chi connectivity index (χ2v) is 7.54. The van der Waals surface area contributed by atoms with Crippen molar-refractivity contribution >= 4 is 21.8 Å². The summed E-state index contributed by atoms with van der Waals surface area (Å²) < 4.78 is 12.1. The highest BCUT2D eigenvalue weighted by molar-refractivity contribution is 9.10. The van der Waals surface area contributed by atoms with E-state index in [0.717, 1.165) is 53.9 Å².